The highest BCUT2D eigenvalue weighted by molar-refractivity contribution is 7.99. The number of amides is 2. The van der Waals surface area contributed by atoms with E-state index in [4.69, 9.17) is 23.2 Å². The Morgan fingerprint density at radius 1 is 0.944 bits per heavy atom. The lowest BCUT2D eigenvalue weighted by Crippen LogP contribution is -2.52. The maximum absolute atomic E-state index is 14.6. The molecule has 0 saturated carbocycles. The van der Waals surface area contributed by atoms with E-state index in [1.54, 1.807) is 30.3 Å². The molecule has 3 aromatic rings. The smallest absolute Gasteiger partial charge is 0.243 e. The van der Waals surface area contributed by atoms with Crippen molar-refractivity contribution in [2.24, 2.45) is 0 Å². The van der Waals surface area contributed by atoms with E-state index in [0.717, 1.165) is 11.1 Å². The van der Waals surface area contributed by atoms with Crippen LogP contribution in [-0.4, -0.2) is 34.6 Å². The van der Waals surface area contributed by atoms with Crippen LogP contribution in [-0.2, 0) is 28.3 Å². The highest BCUT2D eigenvalue weighted by Crippen LogP contribution is 2.25. The number of hydrogen-bond donors (Lipinski definition) is 1. The molecule has 8 heteroatoms. The summed E-state index contributed by atoms with van der Waals surface area (Å²) in [6.07, 6.45) is 0.317. The molecule has 0 bridgehead atoms. The number of thioether (sulfide) groups is 1. The number of nitrogens with zero attached hydrogens (tertiary/aromatic N) is 1. The molecule has 0 fully saturated rings. The van der Waals surface area contributed by atoms with E-state index in [1.807, 2.05) is 50.2 Å². The molecule has 0 aromatic heterocycles. The van der Waals surface area contributed by atoms with Crippen LogP contribution in [0.2, 0.25) is 10.0 Å². The number of nitrogens with one attached hydrogen (secondary N) is 1. The first-order valence-electron chi connectivity index (χ1n) is 11.6. The molecule has 4 nitrogen and oxygen atoms in total. The Balaban J connectivity index is 1.85. The van der Waals surface area contributed by atoms with Crippen LogP contribution in [0.3, 0.4) is 0 Å². The zero-order chi connectivity index (χ0) is 26.1. The SMILES string of the molecule is CC(C)NC(=O)C(Cc1ccccc1)N(Cc1ccccc1F)C(=O)CSCc1ccc(Cl)c(Cl)c1. The monoisotopic (exact) mass is 546 g/mol. The zero-order valence-corrected chi connectivity index (χ0v) is 22.5. The predicted octanol–water partition coefficient (Wildman–Crippen LogP) is 6.53. The Kier molecular flexibility index (Phi) is 10.7. The summed E-state index contributed by atoms with van der Waals surface area (Å²) in [5.74, 6) is -0.273. The molecule has 2 amide bonds. The summed E-state index contributed by atoms with van der Waals surface area (Å²) >= 11 is 13.5. The fraction of sp³-hybridized carbons (Fsp3) is 0.286. The lowest BCUT2D eigenvalue weighted by Gasteiger charge is -2.32. The van der Waals surface area contributed by atoms with Crippen LogP contribution >= 0.6 is 35.0 Å². The van der Waals surface area contributed by atoms with Gasteiger partial charge in [-0.3, -0.25) is 9.59 Å². The minimum Gasteiger partial charge on any atom is -0.352 e. The predicted molar refractivity (Wildman–Crippen MR) is 147 cm³/mol. The van der Waals surface area contributed by atoms with Gasteiger partial charge in [0.1, 0.15) is 11.9 Å². The second kappa shape index (κ2) is 13.7. The molecule has 36 heavy (non-hydrogen) atoms. The van der Waals surface area contributed by atoms with E-state index in [0.29, 0.717) is 27.8 Å². The standard InChI is InChI=1S/C28H29Cl2FN2O2S/c1-19(2)32-28(35)26(15-20-8-4-3-5-9-20)33(16-22-10-6-7-11-25(22)31)27(34)18-36-17-21-12-13-23(29)24(30)14-21/h3-14,19,26H,15-18H2,1-2H3,(H,32,35). The molecule has 1 atom stereocenters. The highest BCUT2D eigenvalue weighted by atomic mass is 35.5. The van der Waals surface area contributed by atoms with Gasteiger partial charge in [-0.1, -0.05) is 77.8 Å². The first kappa shape index (κ1) is 28.0. The van der Waals surface area contributed by atoms with Crippen LogP contribution in [0.25, 0.3) is 0 Å². The van der Waals surface area contributed by atoms with E-state index in [1.165, 1.54) is 22.7 Å². The van der Waals surface area contributed by atoms with Crippen LogP contribution in [0.15, 0.2) is 72.8 Å². The number of hydrogen-bond acceptors (Lipinski definition) is 3. The summed E-state index contributed by atoms with van der Waals surface area (Å²) < 4.78 is 14.6. The van der Waals surface area contributed by atoms with Crippen molar-refractivity contribution in [2.75, 3.05) is 5.75 Å². The third-order valence-electron chi connectivity index (χ3n) is 5.48. The number of carbonyl (C=O) groups excluding carboxylic acids is 2. The number of halogens is 3. The van der Waals surface area contributed by atoms with Crippen LogP contribution < -0.4 is 5.32 Å². The van der Waals surface area contributed by atoms with Gasteiger partial charge >= 0.3 is 0 Å². The Hall–Kier alpha value is -2.54. The molecule has 0 spiro atoms. The molecular weight excluding hydrogens is 518 g/mol. The second-order valence-electron chi connectivity index (χ2n) is 8.72. The van der Waals surface area contributed by atoms with E-state index >= 15 is 0 Å². The molecule has 0 aliphatic heterocycles. The zero-order valence-electron chi connectivity index (χ0n) is 20.2. The van der Waals surface area contributed by atoms with Gasteiger partial charge in [0, 0.05) is 30.3 Å². The maximum atomic E-state index is 14.6. The Morgan fingerprint density at radius 3 is 2.31 bits per heavy atom. The van der Waals surface area contributed by atoms with Gasteiger partial charge in [0.15, 0.2) is 0 Å². The summed E-state index contributed by atoms with van der Waals surface area (Å²) in [6.45, 7) is 3.73. The molecule has 0 saturated heterocycles. The van der Waals surface area contributed by atoms with Gasteiger partial charge in [-0.15, -0.1) is 11.8 Å². The molecule has 1 unspecified atom stereocenters. The largest absolute Gasteiger partial charge is 0.352 e. The highest BCUT2D eigenvalue weighted by Gasteiger charge is 2.31. The molecule has 3 rings (SSSR count). The molecule has 3 aromatic carbocycles. The Labute approximate surface area is 226 Å². The molecule has 0 aliphatic rings. The van der Waals surface area contributed by atoms with Gasteiger partial charge in [0.2, 0.25) is 11.8 Å². The lowest BCUT2D eigenvalue weighted by atomic mass is 10.0. The van der Waals surface area contributed by atoms with Gasteiger partial charge in [-0.05, 0) is 43.2 Å². The summed E-state index contributed by atoms with van der Waals surface area (Å²) in [4.78, 5) is 28.3. The first-order chi connectivity index (χ1) is 17.2. The molecule has 1 N–H and O–H groups in total. The van der Waals surface area contributed by atoms with E-state index in [2.05, 4.69) is 5.32 Å². The second-order valence-corrected chi connectivity index (χ2v) is 10.5. The van der Waals surface area contributed by atoms with Crippen molar-refractivity contribution in [3.8, 4) is 0 Å². The van der Waals surface area contributed by atoms with Crippen molar-refractivity contribution in [3.05, 3.63) is 105 Å². The van der Waals surface area contributed by atoms with Gasteiger partial charge in [-0.2, -0.15) is 0 Å². The van der Waals surface area contributed by atoms with Crippen molar-refractivity contribution in [3.63, 3.8) is 0 Å². The van der Waals surface area contributed by atoms with Crippen LogP contribution in [0, 0.1) is 5.82 Å². The summed E-state index contributed by atoms with van der Waals surface area (Å²) in [5, 5.41) is 3.86. The molecule has 0 aliphatic carbocycles. The Bertz CT molecular complexity index is 1180. The van der Waals surface area contributed by atoms with Crippen molar-refractivity contribution in [2.45, 2.75) is 44.6 Å². The topological polar surface area (TPSA) is 49.4 Å². The van der Waals surface area contributed by atoms with Gasteiger partial charge < -0.3 is 10.2 Å². The van der Waals surface area contributed by atoms with E-state index < -0.39 is 11.9 Å². The maximum Gasteiger partial charge on any atom is 0.243 e. The van der Waals surface area contributed by atoms with Crippen molar-refractivity contribution in [1.82, 2.24) is 10.2 Å². The summed E-state index contributed by atoms with van der Waals surface area (Å²) in [5.41, 5.74) is 2.20. The normalized spacial score (nSPS) is 11.8. The van der Waals surface area contributed by atoms with Crippen molar-refractivity contribution >= 4 is 46.8 Å². The molecule has 0 heterocycles. The molecule has 190 valence electrons. The lowest BCUT2D eigenvalue weighted by molar-refractivity contribution is -0.139. The van der Waals surface area contributed by atoms with Crippen molar-refractivity contribution in [1.29, 1.82) is 0 Å². The average molecular weight is 548 g/mol. The van der Waals surface area contributed by atoms with Crippen LogP contribution in [0.1, 0.15) is 30.5 Å². The molecular formula is C28H29Cl2FN2O2S. The fourth-order valence-corrected chi connectivity index (χ4v) is 4.89. The Morgan fingerprint density at radius 2 is 1.64 bits per heavy atom. The number of rotatable bonds is 11. The first-order valence-corrected chi connectivity index (χ1v) is 13.5. The minimum atomic E-state index is -0.799. The third kappa shape index (κ3) is 8.26. The van der Waals surface area contributed by atoms with Gasteiger partial charge in [0.05, 0.1) is 15.8 Å². The summed E-state index contributed by atoms with van der Waals surface area (Å²) in [7, 11) is 0. The quantitative estimate of drug-likeness (QED) is 0.297. The third-order valence-corrected chi connectivity index (χ3v) is 7.21. The van der Waals surface area contributed by atoms with Crippen molar-refractivity contribution < 1.29 is 14.0 Å². The number of carbonyl (C=O) groups is 2. The van der Waals surface area contributed by atoms with E-state index in [-0.39, 0.29) is 30.2 Å². The fourth-order valence-electron chi connectivity index (χ4n) is 3.71. The summed E-state index contributed by atoms with van der Waals surface area (Å²) in [6, 6.07) is 20.3. The van der Waals surface area contributed by atoms with E-state index in [9.17, 15) is 14.0 Å². The average Bonchev–Trinajstić information content (AvgIpc) is 2.84. The van der Waals surface area contributed by atoms with Gasteiger partial charge in [-0.25, -0.2) is 4.39 Å². The minimum absolute atomic E-state index is 0.0120. The van der Waals surface area contributed by atoms with Crippen LogP contribution in [0.5, 0.6) is 0 Å². The van der Waals surface area contributed by atoms with Crippen LogP contribution in [0.4, 0.5) is 4.39 Å². The van der Waals surface area contributed by atoms with Gasteiger partial charge in [0.25, 0.3) is 0 Å². The number of benzene rings is 3. The molecule has 0 radical (unpaired) electrons.